The number of likely N-dealkylation sites (tertiary alicyclic amines) is 1. The molecule has 0 spiro atoms. The minimum atomic E-state index is 0.168. The molecule has 0 unspecified atom stereocenters. The molecule has 1 N–H and O–H groups in total. The zero-order valence-electron chi connectivity index (χ0n) is 13.6. The van der Waals surface area contributed by atoms with E-state index in [1.807, 2.05) is 22.4 Å². The summed E-state index contributed by atoms with van der Waals surface area (Å²) in [5, 5.41) is 9.55. The lowest BCUT2D eigenvalue weighted by atomic mass is 10.0. The fourth-order valence-electron chi connectivity index (χ4n) is 3.10. The van der Waals surface area contributed by atoms with Crippen LogP contribution < -0.4 is 5.32 Å². The van der Waals surface area contributed by atoms with Gasteiger partial charge in [-0.3, -0.25) is 4.79 Å². The highest BCUT2D eigenvalue weighted by Crippen LogP contribution is 2.38. The fraction of sp³-hybridized carbons (Fsp3) is 0.588. The van der Waals surface area contributed by atoms with E-state index >= 15 is 0 Å². The highest BCUT2D eigenvalue weighted by molar-refractivity contribution is 7.12. The topological polar surface area (TPSA) is 71.3 Å². The first-order valence-corrected chi connectivity index (χ1v) is 9.56. The lowest BCUT2D eigenvalue weighted by molar-refractivity contribution is 0.0710. The second-order valence-electron chi connectivity index (χ2n) is 6.57. The highest BCUT2D eigenvalue weighted by atomic mass is 32.1. The Morgan fingerprint density at radius 2 is 2.17 bits per heavy atom. The van der Waals surface area contributed by atoms with Crippen LogP contribution in [0.1, 0.15) is 53.0 Å². The van der Waals surface area contributed by atoms with Crippen molar-refractivity contribution in [3.05, 3.63) is 34.1 Å². The summed E-state index contributed by atoms with van der Waals surface area (Å²) in [6, 6.07) is 4.29. The second-order valence-corrected chi connectivity index (χ2v) is 7.52. The first-order chi connectivity index (χ1) is 11.8. The van der Waals surface area contributed by atoms with E-state index in [2.05, 4.69) is 15.5 Å². The summed E-state index contributed by atoms with van der Waals surface area (Å²) in [7, 11) is 0. The molecule has 1 saturated carbocycles. The van der Waals surface area contributed by atoms with Gasteiger partial charge in [-0.25, -0.2) is 0 Å². The molecule has 1 aliphatic carbocycles. The Labute approximate surface area is 145 Å². The van der Waals surface area contributed by atoms with Crippen LogP contribution in [-0.4, -0.2) is 46.6 Å². The van der Waals surface area contributed by atoms with Gasteiger partial charge in [-0.05, 0) is 37.1 Å². The molecule has 24 heavy (non-hydrogen) atoms. The summed E-state index contributed by atoms with van der Waals surface area (Å²) in [6.07, 6.45) is 5.15. The third kappa shape index (κ3) is 3.67. The van der Waals surface area contributed by atoms with Crippen molar-refractivity contribution in [1.29, 1.82) is 0 Å². The zero-order chi connectivity index (χ0) is 16.4. The van der Waals surface area contributed by atoms with Gasteiger partial charge in [0.1, 0.15) is 0 Å². The molecule has 2 aromatic rings. The monoisotopic (exact) mass is 346 g/mol. The number of carbonyl (C=O) groups excluding carboxylic acids is 1. The van der Waals surface area contributed by atoms with E-state index in [9.17, 15) is 4.79 Å². The normalized spacial score (nSPS) is 18.9. The Morgan fingerprint density at radius 3 is 2.88 bits per heavy atom. The van der Waals surface area contributed by atoms with Crippen LogP contribution in [0, 0.1) is 0 Å². The maximum Gasteiger partial charge on any atom is 0.263 e. The molecule has 1 amide bonds. The lowest BCUT2D eigenvalue weighted by Crippen LogP contribution is -2.45. The Bertz CT molecular complexity index is 673. The van der Waals surface area contributed by atoms with Gasteiger partial charge in [-0.15, -0.1) is 11.3 Å². The lowest BCUT2D eigenvalue weighted by Gasteiger charge is -2.32. The number of piperidine rings is 1. The van der Waals surface area contributed by atoms with Gasteiger partial charge >= 0.3 is 0 Å². The minimum absolute atomic E-state index is 0.168. The van der Waals surface area contributed by atoms with Crippen molar-refractivity contribution in [1.82, 2.24) is 20.4 Å². The van der Waals surface area contributed by atoms with Crippen LogP contribution in [0.15, 0.2) is 22.0 Å². The minimum Gasteiger partial charge on any atom is -0.339 e. The number of amides is 1. The Morgan fingerprint density at radius 1 is 1.33 bits per heavy atom. The summed E-state index contributed by atoms with van der Waals surface area (Å²) < 4.78 is 5.29. The standard InChI is InChI=1S/C17H22N4O2S/c22-17(14-2-1-11-24-14)21-9-6-13(7-10-21)18-8-5-15-19-16(20-23-15)12-3-4-12/h1-2,11-13,18H,3-10H2. The molecular formula is C17H22N4O2S. The molecule has 2 aliphatic rings. The summed E-state index contributed by atoms with van der Waals surface area (Å²) in [6.45, 7) is 2.48. The van der Waals surface area contributed by atoms with E-state index in [1.165, 1.54) is 24.2 Å². The van der Waals surface area contributed by atoms with Crippen LogP contribution >= 0.6 is 11.3 Å². The molecule has 2 fully saturated rings. The molecule has 0 aromatic carbocycles. The van der Waals surface area contributed by atoms with E-state index in [-0.39, 0.29) is 5.91 Å². The molecule has 128 valence electrons. The second kappa shape index (κ2) is 7.03. The summed E-state index contributed by atoms with van der Waals surface area (Å²) in [5.41, 5.74) is 0. The van der Waals surface area contributed by atoms with Crippen molar-refractivity contribution < 1.29 is 9.32 Å². The van der Waals surface area contributed by atoms with Gasteiger partial charge in [0.05, 0.1) is 4.88 Å². The third-order valence-electron chi connectivity index (χ3n) is 4.71. The van der Waals surface area contributed by atoms with Crippen molar-refractivity contribution >= 4 is 17.2 Å². The number of hydrogen-bond donors (Lipinski definition) is 1. The molecule has 0 bridgehead atoms. The van der Waals surface area contributed by atoms with E-state index in [0.29, 0.717) is 12.0 Å². The van der Waals surface area contributed by atoms with Crippen LogP contribution in [0.2, 0.25) is 0 Å². The van der Waals surface area contributed by atoms with Gasteiger partial charge in [-0.2, -0.15) is 4.98 Å². The third-order valence-corrected chi connectivity index (χ3v) is 5.57. The fourth-order valence-corrected chi connectivity index (χ4v) is 3.79. The predicted molar refractivity (Wildman–Crippen MR) is 91.2 cm³/mol. The number of aromatic nitrogens is 2. The highest BCUT2D eigenvalue weighted by Gasteiger charge is 2.28. The van der Waals surface area contributed by atoms with E-state index in [4.69, 9.17) is 4.52 Å². The first-order valence-electron chi connectivity index (χ1n) is 8.68. The van der Waals surface area contributed by atoms with Gasteiger partial charge < -0.3 is 14.7 Å². The molecular weight excluding hydrogens is 324 g/mol. The predicted octanol–water partition coefficient (Wildman–Crippen LogP) is 2.45. The Kier molecular flexibility index (Phi) is 4.62. The number of thiophene rings is 1. The van der Waals surface area contributed by atoms with E-state index in [0.717, 1.165) is 55.5 Å². The summed E-state index contributed by atoms with van der Waals surface area (Å²) in [5.74, 6) is 2.32. The van der Waals surface area contributed by atoms with Crippen LogP contribution in [0.4, 0.5) is 0 Å². The number of nitrogens with one attached hydrogen (secondary N) is 1. The maximum atomic E-state index is 12.3. The van der Waals surface area contributed by atoms with E-state index < -0.39 is 0 Å². The Hall–Kier alpha value is -1.73. The van der Waals surface area contributed by atoms with Crippen molar-refractivity contribution in [2.45, 2.75) is 44.1 Å². The molecule has 0 atom stereocenters. The molecule has 0 radical (unpaired) electrons. The Balaban J connectivity index is 1.18. The van der Waals surface area contributed by atoms with Gasteiger partial charge in [0.2, 0.25) is 5.89 Å². The van der Waals surface area contributed by atoms with Crippen molar-refractivity contribution in [2.24, 2.45) is 0 Å². The first kappa shape index (κ1) is 15.8. The summed E-state index contributed by atoms with van der Waals surface area (Å²) in [4.78, 5) is 19.6. The van der Waals surface area contributed by atoms with Gasteiger partial charge in [0.15, 0.2) is 5.82 Å². The molecule has 3 heterocycles. The molecule has 1 saturated heterocycles. The van der Waals surface area contributed by atoms with Crippen LogP contribution in [0.25, 0.3) is 0 Å². The SMILES string of the molecule is O=C(c1cccs1)N1CCC(NCCc2nc(C3CC3)no2)CC1. The van der Waals surface area contributed by atoms with Gasteiger partial charge in [0.25, 0.3) is 5.91 Å². The van der Waals surface area contributed by atoms with Crippen molar-refractivity contribution in [2.75, 3.05) is 19.6 Å². The number of carbonyl (C=O) groups is 1. The van der Waals surface area contributed by atoms with Crippen LogP contribution in [0.3, 0.4) is 0 Å². The average molecular weight is 346 g/mol. The largest absolute Gasteiger partial charge is 0.339 e. The molecule has 2 aromatic heterocycles. The molecule has 4 rings (SSSR count). The average Bonchev–Trinajstić information content (AvgIpc) is 3.12. The number of rotatable bonds is 6. The smallest absolute Gasteiger partial charge is 0.263 e. The number of hydrogen-bond acceptors (Lipinski definition) is 6. The van der Waals surface area contributed by atoms with Crippen LogP contribution in [0.5, 0.6) is 0 Å². The zero-order valence-corrected chi connectivity index (χ0v) is 14.4. The van der Waals surface area contributed by atoms with Gasteiger partial charge in [-0.1, -0.05) is 11.2 Å². The van der Waals surface area contributed by atoms with Gasteiger partial charge in [0, 0.05) is 38.0 Å². The van der Waals surface area contributed by atoms with E-state index in [1.54, 1.807) is 0 Å². The molecule has 7 heteroatoms. The quantitative estimate of drug-likeness (QED) is 0.870. The van der Waals surface area contributed by atoms with Crippen LogP contribution in [-0.2, 0) is 6.42 Å². The molecule has 6 nitrogen and oxygen atoms in total. The van der Waals surface area contributed by atoms with Crippen molar-refractivity contribution in [3.63, 3.8) is 0 Å². The summed E-state index contributed by atoms with van der Waals surface area (Å²) >= 11 is 1.52. The maximum absolute atomic E-state index is 12.3. The molecule has 1 aliphatic heterocycles. The number of nitrogens with zero attached hydrogens (tertiary/aromatic N) is 3. The van der Waals surface area contributed by atoms with Crippen molar-refractivity contribution in [3.8, 4) is 0 Å².